The second kappa shape index (κ2) is 8.79. The monoisotopic (exact) mass is 497 g/mol. The molecule has 3 aromatic rings. The summed E-state index contributed by atoms with van der Waals surface area (Å²) in [6.07, 6.45) is 2.14. The molecular weight excluding hydrogens is 480 g/mol. The van der Waals surface area contributed by atoms with Crippen molar-refractivity contribution in [1.82, 2.24) is 0 Å². The highest BCUT2D eigenvalue weighted by atomic mass is 35.5. The molecule has 1 aliphatic rings. The van der Waals surface area contributed by atoms with E-state index in [4.69, 9.17) is 16.2 Å². The third-order valence-electron chi connectivity index (χ3n) is 4.65. The van der Waals surface area contributed by atoms with Crippen molar-refractivity contribution in [2.24, 2.45) is 0 Å². The van der Waals surface area contributed by atoms with E-state index < -0.39 is 16.1 Å². The minimum Gasteiger partial charge on any atom is -0.477 e. The zero-order valence-corrected chi connectivity index (χ0v) is 19.3. The lowest BCUT2D eigenvalue weighted by Gasteiger charge is -2.20. The second-order valence-corrected chi connectivity index (χ2v) is 11.0. The molecule has 0 saturated carbocycles. The van der Waals surface area contributed by atoms with Crippen LogP contribution in [0.25, 0.3) is 16.3 Å². The molecule has 11 heteroatoms. The van der Waals surface area contributed by atoms with Gasteiger partial charge in [-0.25, -0.2) is 4.79 Å². The molecule has 2 aromatic carbocycles. The molecule has 0 spiro atoms. The Bertz CT molecular complexity index is 1300. The molecule has 0 saturated heterocycles. The van der Waals surface area contributed by atoms with Crippen LogP contribution in [0, 0.1) is 0 Å². The lowest BCUT2D eigenvalue weighted by Crippen LogP contribution is -2.39. The van der Waals surface area contributed by atoms with Gasteiger partial charge in [0.1, 0.15) is 4.70 Å². The van der Waals surface area contributed by atoms with E-state index in [-0.39, 0.29) is 18.7 Å². The Morgan fingerprint density at radius 3 is 2.74 bits per heavy atom. The SMILES string of the molecule is O=C(O)C[n+]1c(C=C2Sc3ccc(Cl)cc3N2CCCS(=O)(=O)O)sc2ccccc21. The van der Waals surface area contributed by atoms with E-state index in [0.29, 0.717) is 11.6 Å². The smallest absolute Gasteiger partial charge is 0.370 e. The van der Waals surface area contributed by atoms with Gasteiger partial charge in [-0.15, -0.1) is 0 Å². The summed E-state index contributed by atoms with van der Waals surface area (Å²) in [6, 6.07) is 13.1. The molecule has 0 amide bonds. The van der Waals surface area contributed by atoms with Gasteiger partial charge >= 0.3 is 5.97 Å². The van der Waals surface area contributed by atoms with Crippen LogP contribution in [0.2, 0.25) is 5.02 Å². The van der Waals surface area contributed by atoms with Crippen LogP contribution in [-0.4, -0.2) is 36.3 Å². The van der Waals surface area contributed by atoms with Gasteiger partial charge < -0.3 is 10.0 Å². The van der Waals surface area contributed by atoms with E-state index >= 15 is 0 Å². The number of hydrogen-bond acceptors (Lipinski definition) is 6. The van der Waals surface area contributed by atoms with Gasteiger partial charge in [0.25, 0.3) is 15.1 Å². The van der Waals surface area contributed by atoms with Gasteiger partial charge in [0.05, 0.1) is 22.5 Å². The predicted molar refractivity (Wildman–Crippen MR) is 123 cm³/mol. The normalized spacial score (nSPS) is 15.0. The van der Waals surface area contributed by atoms with Crippen molar-refractivity contribution in [1.29, 1.82) is 0 Å². The Balaban J connectivity index is 1.75. The van der Waals surface area contributed by atoms with Crippen LogP contribution < -0.4 is 9.47 Å². The molecule has 2 heterocycles. The highest BCUT2D eigenvalue weighted by molar-refractivity contribution is 8.03. The fraction of sp³-hybridized carbons (Fsp3) is 0.200. The van der Waals surface area contributed by atoms with E-state index in [0.717, 1.165) is 30.8 Å². The molecular formula is C20H18ClN2O5S3+. The van der Waals surface area contributed by atoms with Gasteiger partial charge in [-0.1, -0.05) is 46.8 Å². The number of carboxylic acid groups (broad SMARTS) is 1. The number of fused-ring (bicyclic) bond motifs is 2. The molecule has 31 heavy (non-hydrogen) atoms. The Hall–Kier alpha value is -2.11. The molecule has 162 valence electrons. The fourth-order valence-electron chi connectivity index (χ4n) is 3.38. The lowest BCUT2D eigenvalue weighted by atomic mass is 10.2. The quantitative estimate of drug-likeness (QED) is 0.374. The van der Waals surface area contributed by atoms with Gasteiger partial charge in [-0.2, -0.15) is 13.0 Å². The lowest BCUT2D eigenvalue weighted by molar-refractivity contribution is -0.657. The van der Waals surface area contributed by atoms with Crippen molar-refractivity contribution in [3.8, 4) is 0 Å². The number of rotatable bonds is 7. The van der Waals surface area contributed by atoms with E-state index in [1.807, 2.05) is 47.4 Å². The number of aromatic nitrogens is 1. The zero-order chi connectivity index (χ0) is 22.2. The van der Waals surface area contributed by atoms with E-state index in [2.05, 4.69) is 0 Å². The zero-order valence-electron chi connectivity index (χ0n) is 16.1. The van der Waals surface area contributed by atoms with Crippen LogP contribution >= 0.6 is 34.7 Å². The van der Waals surface area contributed by atoms with Crippen LogP contribution in [0.4, 0.5) is 5.69 Å². The van der Waals surface area contributed by atoms with Crippen molar-refractivity contribution < 1.29 is 27.4 Å². The summed E-state index contributed by atoms with van der Waals surface area (Å²) in [5.41, 5.74) is 1.69. The van der Waals surface area contributed by atoms with Crippen molar-refractivity contribution >= 4 is 72.8 Å². The van der Waals surface area contributed by atoms with Crippen LogP contribution in [0.1, 0.15) is 11.4 Å². The third-order valence-corrected chi connectivity index (χ3v) is 7.92. The van der Waals surface area contributed by atoms with Crippen molar-refractivity contribution in [2.45, 2.75) is 17.9 Å². The first-order chi connectivity index (χ1) is 14.7. The number of anilines is 1. The van der Waals surface area contributed by atoms with Gasteiger partial charge in [0.2, 0.25) is 12.1 Å². The topological polar surface area (TPSA) is 98.8 Å². The first kappa shape index (κ1) is 22.1. The number of carbonyl (C=O) groups is 1. The highest BCUT2D eigenvalue weighted by Gasteiger charge is 2.29. The molecule has 1 aromatic heterocycles. The van der Waals surface area contributed by atoms with Gasteiger partial charge in [0, 0.05) is 22.5 Å². The maximum absolute atomic E-state index is 11.5. The molecule has 0 fully saturated rings. The molecule has 2 N–H and O–H groups in total. The number of benzene rings is 2. The summed E-state index contributed by atoms with van der Waals surface area (Å²) in [5, 5.41) is 11.6. The number of carboxylic acids is 1. The Labute approximate surface area is 192 Å². The fourth-order valence-corrected chi connectivity index (χ4v) is 6.32. The van der Waals surface area contributed by atoms with E-state index in [1.54, 1.807) is 10.6 Å². The summed E-state index contributed by atoms with van der Waals surface area (Å²) in [6.45, 7) is 0.186. The van der Waals surface area contributed by atoms with Crippen LogP contribution in [0.15, 0.2) is 52.4 Å². The number of thiazole rings is 1. The summed E-state index contributed by atoms with van der Waals surface area (Å²) in [5.74, 6) is -1.29. The number of halogens is 1. The second-order valence-electron chi connectivity index (χ2n) is 6.88. The number of hydrogen-bond donors (Lipinski definition) is 2. The largest absolute Gasteiger partial charge is 0.477 e. The Kier molecular flexibility index (Phi) is 6.27. The van der Waals surface area contributed by atoms with Crippen molar-refractivity contribution in [3.63, 3.8) is 0 Å². The molecule has 0 unspecified atom stereocenters. The van der Waals surface area contributed by atoms with Crippen LogP contribution in [-0.2, 0) is 21.5 Å². The summed E-state index contributed by atoms with van der Waals surface area (Å²) >= 11 is 9.17. The Morgan fingerprint density at radius 1 is 1.23 bits per heavy atom. The minimum atomic E-state index is -4.06. The summed E-state index contributed by atoms with van der Waals surface area (Å²) < 4.78 is 34.1. The van der Waals surface area contributed by atoms with Crippen molar-refractivity contribution in [3.05, 3.63) is 57.5 Å². The number of thioether (sulfide) groups is 1. The standard InChI is InChI=1S/C20H17ClN2O5S3/c21-13-6-7-17-15(10-13)22(8-3-9-31(26,27)28)18(30-17)11-19-23(12-20(24)25)14-4-1-2-5-16(14)29-19/h1-2,4-7,10-11H,3,8-9,12H2,(H-,24,25,26,27,28)/p+1. The molecule has 7 nitrogen and oxygen atoms in total. The molecule has 4 rings (SSSR count). The molecule has 0 aliphatic carbocycles. The first-order valence-corrected chi connectivity index (χ1v) is 12.9. The van der Waals surface area contributed by atoms with Crippen LogP contribution in [0.3, 0.4) is 0 Å². The maximum atomic E-state index is 11.5. The number of aliphatic carboxylic acids is 1. The maximum Gasteiger partial charge on any atom is 0.370 e. The van der Waals surface area contributed by atoms with Gasteiger partial charge in [0.15, 0.2) is 0 Å². The third kappa shape index (κ3) is 5.04. The molecule has 0 radical (unpaired) electrons. The van der Waals surface area contributed by atoms with E-state index in [9.17, 15) is 18.3 Å². The van der Waals surface area contributed by atoms with Crippen molar-refractivity contribution in [2.75, 3.05) is 17.2 Å². The molecule has 0 bridgehead atoms. The first-order valence-electron chi connectivity index (χ1n) is 9.26. The van der Waals surface area contributed by atoms with Crippen LogP contribution in [0.5, 0.6) is 0 Å². The Morgan fingerprint density at radius 2 is 2.00 bits per heavy atom. The average molecular weight is 498 g/mol. The summed E-state index contributed by atoms with van der Waals surface area (Å²) in [4.78, 5) is 14.4. The summed E-state index contributed by atoms with van der Waals surface area (Å²) in [7, 11) is -4.06. The highest BCUT2D eigenvalue weighted by Crippen LogP contribution is 2.47. The number of nitrogens with zero attached hydrogens (tertiary/aromatic N) is 2. The average Bonchev–Trinajstić information content (AvgIpc) is 3.19. The minimum absolute atomic E-state index is 0.171. The predicted octanol–water partition coefficient (Wildman–Crippen LogP) is 4.12. The van der Waals surface area contributed by atoms with Gasteiger partial charge in [-0.3, -0.25) is 4.55 Å². The van der Waals surface area contributed by atoms with E-state index in [1.165, 1.54) is 23.1 Å². The molecule has 1 aliphatic heterocycles. The number of para-hydroxylation sites is 1. The van der Waals surface area contributed by atoms with Gasteiger partial charge in [-0.05, 0) is 30.7 Å². The molecule has 0 atom stereocenters.